The molecule has 1 amide bonds. The largest absolute Gasteiger partial charge is 0.449 e. The highest BCUT2D eigenvalue weighted by Crippen LogP contribution is 2.40. The number of carbonyl (C=O) groups is 1. The molecule has 3 nitrogen and oxygen atoms in total. The van der Waals surface area contributed by atoms with E-state index in [-0.39, 0.29) is 11.5 Å². The fourth-order valence-corrected chi connectivity index (χ4v) is 2.53. The molecule has 0 aliphatic carbocycles. The van der Waals surface area contributed by atoms with Gasteiger partial charge in [-0.1, -0.05) is 41.4 Å². The first-order chi connectivity index (χ1) is 7.90. The first kappa shape index (κ1) is 12.7. The number of benzene rings is 1. The van der Waals surface area contributed by atoms with Crippen LogP contribution in [0, 0.1) is 5.41 Å². The molecule has 0 radical (unpaired) electrons. The van der Waals surface area contributed by atoms with Crippen LogP contribution in [0.1, 0.15) is 25.5 Å². The summed E-state index contributed by atoms with van der Waals surface area (Å²) in [6.07, 6.45) is -0.398. The SMILES string of the molecule is CC1(C)COC(=O)N[C@H]1c1cc(Br)ccc1Cl. The molecule has 1 aromatic rings. The Labute approximate surface area is 114 Å². The molecule has 92 valence electrons. The molecule has 17 heavy (non-hydrogen) atoms. The van der Waals surface area contributed by atoms with Crippen molar-refractivity contribution in [2.24, 2.45) is 5.41 Å². The minimum absolute atomic E-state index is 0.145. The monoisotopic (exact) mass is 317 g/mol. The van der Waals surface area contributed by atoms with E-state index in [0.29, 0.717) is 11.6 Å². The predicted molar refractivity (Wildman–Crippen MR) is 70.2 cm³/mol. The van der Waals surface area contributed by atoms with E-state index in [1.165, 1.54) is 0 Å². The van der Waals surface area contributed by atoms with E-state index < -0.39 is 6.09 Å². The summed E-state index contributed by atoms with van der Waals surface area (Å²) in [5, 5.41) is 3.47. The molecule has 1 aromatic carbocycles. The van der Waals surface area contributed by atoms with Gasteiger partial charge in [0.25, 0.3) is 0 Å². The van der Waals surface area contributed by atoms with Crippen molar-refractivity contribution in [3.63, 3.8) is 0 Å². The Morgan fingerprint density at radius 1 is 1.53 bits per heavy atom. The Balaban J connectivity index is 2.42. The lowest BCUT2D eigenvalue weighted by Crippen LogP contribution is -2.47. The summed E-state index contributed by atoms with van der Waals surface area (Å²) >= 11 is 9.60. The van der Waals surface area contributed by atoms with Crippen LogP contribution in [-0.2, 0) is 4.74 Å². The van der Waals surface area contributed by atoms with E-state index in [1.807, 2.05) is 32.0 Å². The molecule has 1 N–H and O–H groups in total. The van der Waals surface area contributed by atoms with Crippen LogP contribution in [0.4, 0.5) is 4.79 Å². The molecular weight excluding hydrogens is 305 g/mol. The number of halogens is 2. The van der Waals surface area contributed by atoms with E-state index in [2.05, 4.69) is 21.2 Å². The van der Waals surface area contributed by atoms with Crippen molar-refractivity contribution < 1.29 is 9.53 Å². The number of carbonyl (C=O) groups excluding carboxylic acids is 1. The fraction of sp³-hybridized carbons (Fsp3) is 0.417. The molecule has 1 aliphatic rings. The molecule has 1 atom stereocenters. The minimum atomic E-state index is -0.398. The van der Waals surface area contributed by atoms with Crippen LogP contribution in [0.25, 0.3) is 0 Å². The molecule has 0 unspecified atom stereocenters. The van der Waals surface area contributed by atoms with Crippen LogP contribution in [0.2, 0.25) is 5.02 Å². The summed E-state index contributed by atoms with van der Waals surface area (Å²) in [7, 11) is 0. The van der Waals surface area contributed by atoms with Crippen molar-refractivity contribution in [3.8, 4) is 0 Å². The molecule has 0 bridgehead atoms. The Morgan fingerprint density at radius 3 is 2.94 bits per heavy atom. The van der Waals surface area contributed by atoms with Gasteiger partial charge in [0.1, 0.15) is 6.61 Å². The van der Waals surface area contributed by atoms with Crippen molar-refractivity contribution in [1.82, 2.24) is 5.32 Å². The topological polar surface area (TPSA) is 38.3 Å². The van der Waals surface area contributed by atoms with Gasteiger partial charge in [0.15, 0.2) is 0 Å². The molecule has 0 aromatic heterocycles. The van der Waals surface area contributed by atoms with Crippen LogP contribution in [0.3, 0.4) is 0 Å². The third-order valence-electron chi connectivity index (χ3n) is 2.89. The number of nitrogens with one attached hydrogen (secondary N) is 1. The van der Waals surface area contributed by atoms with Gasteiger partial charge in [-0.25, -0.2) is 4.79 Å². The van der Waals surface area contributed by atoms with E-state index >= 15 is 0 Å². The zero-order valence-electron chi connectivity index (χ0n) is 9.59. The second kappa shape index (κ2) is 4.50. The van der Waals surface area contributed by atoms with Crippen LogP contribution in [-0.4, -0.2) is 12.7 Å². The average Bonchev–Trinajstić information content (AvgIpc) is 2.26. The van der Waals surface area contributed by atoms with Crippen LogP contribution in [0.15, 0.2) is 22.7 Å². The molecule has 1 aliphatic heterocycles. The molecule has 1 saturated heterocycles. The van der Waals surface area contributed by atoms with Gasteiger partial charge in [0.05, 0.1) is 6.04 Å². The molecule has 1 fully saturated rings. The van der Waals surface area contributed by atoms with Gasteiger partial charge in [0.2, 0.25) is 0 Å². The molecular formula is C12H13BrClNO2. The summed E-state index contributed by atoms with van der Waals surface area (Å²) < 4.78 is 5.95. The average molecular weight is 319 g/mol. The van der Waals surface area contributed by atoms with E-state index in [1.54, 1.807) is 0 Å². The summed E-state index contributed by atoms with van der Waals surface area (Å²) in [5.41, 5.74) is 0.709. The lowest BCUT2D eigenvalue weighted by atomic mass is 9.80. The molecule has 1 heterocycles. The number of amides is 1. The maximum atomic E-state index is 11.3. The first-order valence-corrected chi connectivity index (χ1v) is 6.45. The van der Waals surface area contributed by atoms with Crippen LogP contribution >= 0.6 is 27.5 Å². The highest BCUT2D eigenvalue weighted by atomic mass is 79.9. The third kappa shape index (κ3) is 2.58. The van der Waals surface area contributed by atoms with Gasteiger partial charge in [0, 0.05) is 14.9 Å². The Hall–Kier alpha value is -0.740. The summed E-state index contributed by atoms with van der Waals surface area (Å²) in [5.74, 6) is 0. The summed E-state index contributed by atoms with van der Waals surface area (Å²) in [6, 6.07) is 5.48. The van der Waals surface area contributed by atoms with Crippen molar-refractivity contribution >= 4 is 33.6 Å². The number of hydrogen-bond acceptors (Lipinski definition) is 2. The van der Waals surface area contributed by atoms with Gasteiger partial charge in [-0.15, -0.1) is 0 Å². The number of rotatable bonds is 1. The van der Waals surface area contributed by atoms with Gasteiger partial charge in [-0.3, -0.25) is 0 Å². The van der Waals surface area contributed by atoms with Crippen molar-refractivity contribution in [2.75, 3.05) is 6.61 Å². The molecule has 0 saturated carbocycles. The van der Waals surface area contributed by atoms with Crippen LogP contribution < -0.4 is 5.32 Å². The summed E-state index contributed by atoms with van der Waals surface area (Å²) in [4.78, 5) is 11.3. The Bertz CT molecular complexity index is 462. The van der Waals surface area contributed by atoms with Crippen molar-refractivity contribution in [2.45, 2.75) is 19.9 Å². The van der Waals surface area contributed by atoms with Gasteiger partial charge < -0.3 is 10.1 Å². The molecule has 5 heteroatoms. The zero-order valence-corrected chi connectivity index (χ0v) is 11.9. The first-order valence-electron chi connectivity index (χ1n) is 5.28. The smallest absolute Gasteiger partial charge is 0.407 e. The molecule has 0 spiro atoms. The summed E-state index contributed by atoms with van der Waals surface area (Å²) in [6.45, 7) is 4.45. The normalized spacial score (nSPS) is 22.8. The van der Waals surface area contributed by atoms with Gasteiger partial charge >= 0.3 is 6.09 Å². The highest BCUT2D eigenvalue weighted by molar-refractivity contribution is 9.10. The van der Waals surface area contributed by atoms with Crippen LogP contribution in [0.5, 0.6) is 0 Å². The molecule has 2 rings (SSSR count). The highest BCUT2D eigenvalue weighted by Gasteiger charge is 2.38. The zero-order chi connectivity index (χ0) is 12.6. The second-order valence-electron chi connectivity index (χ2n) is 4.81. The standard InChI is InChI=1S/C12H13BrClNO2/c1-12(2)6-17-11(16)15-10(12)8-5-7(13)3-4-9(8)14/h3-5,10H,6H2,1-2H3,(H,15,16)/t10-/m0/s1. The fourth-order valence-electron chi connectivity index (χ4n) is 1.92. The Kier molecular flexibility index (Phi) is 3.36. The number of hydrogen-bond donors (Lipinski definition) is 1. The lowest BCUT2D eigenvalue weighted by Gasteiger charge is -2.38. The van der Waals surface area contributed by atoms with Crippen molar-refractivity contribution in [3.05, 3.63) is 33.3 Å². The second-order valence-corrected chi connectivity index (χ2v) is 6.13. The van der Waals surface area contributed by atoms with E-state index in [4.69, 9.17) is 16.3 Å². The number of cyclic esters (lactones) is 1. The Morgan fingerprint density at radius 2 is 2.24 bits per heavy atom. The van der Waals surface area contributed by atoms with Crippen molar-refractivity contribution in [1.29, 1.82) is 0 Å². The third-order valence-corrected chi connectivity index (χ3v) is 3.73. The van der Waals surface area contributed by atoms with E-state index in [0.717, 1.165) is 10.0 Å². The lowest BCUT2D eigenvalue weighted by molar-refractivity contribution is 0.0387. The number of ether oxygens (including phenoxy) is 1. The van der Waals surface area contributed by atoms with Gasteiger partial charge in [-0.2, -0.15) is 0 Å². The maximum absolute atomic E-state index is 11.3. The quantitative estimate of drug-likeness (QED) is 0.852. The minimum Gasteiger partial charge on any atom is -0.449 e. The number of alkyl carbamates (subject to hydrolysis) is 1. The maximum Gasteiger partial charge on any atom is 0.407 e. The van der Waals surface area contributed by atoms with E-state index in [9.17, 15) is 4.79 Å². The predicted octanol–water partition coefficient (Wildman–Crippen LogP) is 3.91. The van der Waals surface area contributed by atoms with Gasteiger partial charge in [-0.05, 0) is 23.8 Å².